The predicted molar refractivity (Wildman–Crippen MR) is 86.7 cm³/mol. The summed E-state index contributed by atoms with van der Waals surface area (Å²) < 4.78 is 64.5. The number of nitrogens with one attached hydrogen (secondary N) is 1. The molecule has 134 valence electrons. The molecule has 23 heavy (non-hydrogen) atoms. The second kappa shape index (κ2) is 9.08. The Morgan fingerprint density at radius 1 is 1.22 bits per heavy atom. The molecule has 0 saturated heterocycles. The van der Waals surface area contributed by atoms with Crippen molar-refractivity contribution in [3.8, 4) is 0 Å². The van der Waals surface area contributed by atoms with Crippen LogP contribution < -0.4 is 4.72 Å². The highest BCUT2D eigenvalue weighted by Gasteiger charge is 2.32. The van der Waals surface area contributed by atoms with E-state index < -0.39 is 26.7 Å². The summed E-state index contributed by atoms with van der Waals surface area (Å²) in [4.78, 5) is 1.42. The number of hydrogen-bond acceptors (Lipinski definition) is 3. The Morgan fingerprint density at radius 3 is 2.26 bits per heavy atom. The lowest BCUT2D eigenvalue weighted by molar-refractivity contribution is -0.137. The highest BCUT2D eigenvalue weighted by molar-refractivity contribution is 7.89. The van der Waals surface area contributed by atoms with Crippen molar-refractivity contribution in [3.05, 3.63) is 28.8 Å². The molecule has 0 fully saturated rings. The second-order valence-corrected chi connectivity index (χ2v) is 6.71. The molecule has 0 aromatic heterocycles. The van der Waals surface area contributed by atoms with E-state index >= 15 is 0 Å². The minimum Gasteiger partial charge on any atom is -0.303 e. The molecule has 0 radical (unpaired) electrons. The van der Waals surface area contributed by atoms with Crippen molar-refractivity contribution in [2.45, 2.75) is 24.9 Å². The van der Waals surface area contributed by atoms with Gasteiger partial charge in [0.2, 0.25) is 10.0 Å². The number of nitrogens with zero attached hydrogens (tertiary/aromatic N) is 1. The first-order valence-corrected chi connectivity index (χ1v) is 8.56. The number of likely N-dealkylation sites (N-methyl/N-ethyl adjacent to an activating group) is 1. The molecule has 0 saturated carbocycles. The van der Waals surface area contributed by atoms with Crippen LogP contribution >= 0.6 is 24.0 Å². The maximum Gasteiger partial charge on any atom is 0.416 e. The van der Waals surface area contributed by atoms with Crippen LogP contribution in [0.3, 0.4) is 0 Å². The van der Waals surface area contributed by atoms with Crippen molar-refractivity contribution in [3.63, 3.8) is 0 Å². The van der Waals surface area contributed by atoms with E-state index in [4.69, 9.17) is 11.6 Å². The summed E-state index contributed by atoms with van der Waals surface area (Å²) in [6.07, 6.45) is -4.63. The lowest BCUT2D eigenvalue weighted by Crippen LogP contribution is -2.35. The highest BCUT2D eigenvalue weighted by Crippen LogP contribution is 2.33. The number of rotatable bonds is 7. The smallest absolute Gasteiger partial charge is 0.303 e. The van der Waals surface area contributed by atoms with Crippen molar-refractivity contribution in [1.82, 2.24) is 9.62 Å². The fourth-order valence-corrected chi connectivity index (χ4v) is 3.39. The first-order chi connectivity index (χ1) is 10.1. The third-order valence-electron chi connectivity index (χ3n) is 3.16. The standard InChI is InChI=1S/C13H18ClF3N2O2S.ClH/c1-3-19(4-2)8-7-18-22(20,21)12-9-10(13(15,16)17)5-6-11(12)14;/h5-6,9,18H,3-4,7-8H2,1-2H3;1H. The average molecular weight is 395 g/mol. The first kappa shape index (κ1) is 22.5. The van der Waals surface area contributed by atoms with E-state index in [0.717, 1.165) is 25.2 Å². The van der Waals surface area contributed by atoms with E-state index in [-0.39, 0.29) is 24.0 Å². The summed E-state index contributed by atoms with van der Waals surface area (Å²) in [6.45, 7) is 5.92. The van der Waals surface area contributed by atoms with Crippen LogP contribution in [0, 0.1) is 0 Å². The Balaban J connectivity index is 0.00000484. The van der Waals surface area contributed by atoms with Crippen LogP contribution in [-0.4, -0.2) is 39.5 Å². The van der Waals surface area contributed by atoms with Gasteiger partial charge in [-0.05, 0) is 31.3 Å². The molecule has 1 aromatic rings. The van der Waals surface area contributed by atoms with Crippen molar-refractivity contribution in [2.24, 2.45) is 0 Å². The van der Waals surface area contributed by atoms with Gasteiger partial charge < -0.3 is 4.90 Å². The number of benzene rings is 1. The Hall–Kier alpha value is -0.540. The fourth-order valence-electron chi connectivity index (χ4n) is 1.84. The molecule has 4 nitrogen and oxygen atoms in total. The Labute approximate surface area is 145 Å². The molecule has 1 aromatic carbocycles. The summed E-state index contributed by atoms with van der Waals surface area (Å²) in [5, 5.41) is -0.247. The van der Waals surface area contributed by atoms with E-state index in [1.165, 1.54) is 0 Å². The molecule has 10 heteroatoms. The molecule has 1 rings (SSSR count). The third-order valence-corrected chi connectivity index (χ3v) is 5.11. The second-order valence-electron chi connectivity index (χ2n) is 4.57. The van der Waals surface area contributed by atoms with Gasteiger partial charge in [0.25, 0.3) is 0 Å². The lowest BCUT2D eigenvalue weighted by atomic mass is 10.2. The third kappa shape index (κ3) is 6.46. The largest absolute Gasteiger partial charge is 0.416 e. The molecular formula is C13H19Cl2F3N2O2S. The average Bonchev–Trinajstić information content (AvgIpc) is 2.42. The van der Waals surface area contributed by atoms with Crippen LogP contribution in [0.5, 0.6) is 0 Å². The maximum absolute atomic E-state index is 12.7. The van der Waals surface area contributed by atoms with Crippen LogP contribution in [0.25, 0.3) is 0 Å². The van der Waals surface area contributed by atoms with Crippen molar-refractivity contribution >= 4 is 34.0 Å². The van der Waals surface area contributed by atoms with Gasteiger partial charge >= 0.3 is 6.18 Å². The van der Waals surface area contributed by atoms with Crippen molar-refractivity contribution in [2.75, 3.05) is 26.2 Å². The molecule has 0 unspecified atom stereocenters. The number of halogens is 5. The summed E-state index contributed by atoms with van der Waals surface area (Å²) in [7, 11) is -4.09. The van der Waals surface area contributed by atoms with Crippen LogP contribution in [0.15, 0.2) is 23.1 Å². The molecule has 0 atom stereocenters. The first-order valence-electron chi connectivity index (χ1n) is 6.70. The minimum atomic E-state index is -4.63. The Morgan fingerprint density at radius 2 is 1.78 bits per heavy atom. The minimum absolute atomic E-state index is 0. The number of alkyl halides is 3. The summed E-state index contributed by atoms with van der Waals surface area (Å²) in [5.41, 5.74) is -1.05. The van der Waals surface area contributed by atoms with Gasteiger partial charge in [-0.3, -0.25) is 0 Å². The summed E-state index contributed by atoms with van der Waals surface area (Å²) in [6, 6.07) is 2.22. The zero-order valence-electron chi connectivity index (χ0n) is 12.7. The summed E-state index contributed by atoms with van der Waals surface area (Å²) >= 11 is 5.73. The normalized spacial score (nSPS) is 12.3. The van der Waals surface area contributed by atoms with Crippen LogP contribution in [0.4, 0.5) is 13.2 Å². The SMILES string of the molecule is CCN(CC)CCNS(=O)(=O)c1cc(C(F)(F)F)ccc1Cl.Cl. The molecule has 0 aliphatic carbocycles. The van der Waals surface area contributed by atoms with E-state index in [1.54, 1.807) is 0 Å². The van der Waals surface area contributed by atoms with Crippen LogP contribution in [0.2, 0.25) is 5.02 Å². The summed E-state index contributed by atoms with van der Waals surface area (Å²) in [5.74, 6) is 0. The molecule has 1 N–H and O–H groups in total. The van der Waals surface area contributed by atoms with Crippen molar-refractivity contribution in [1.29, 1.82) is 0 Å². The molecule has 0 aliphatic rings. The Kier molecular flexibility index (Phi) is 8.86. The van der Waals surface area contributed by atoms with Gasteiger partial charge in [-0.2, -0.15) is 13.2 Å². The monoisotopic (exact) mass is 394 g/mol. The van der Waals surface area contributed by atoms with Gasteiger partial charge in [-0.15, -0.1) is 12.4 Å². The number of hydrogen-bond donors (Lipinski definition) is 1. The molecule has 0 amide bonds. The van der Waals surface area contributed by atoms with Gasteiger partial charge in [0.05, 0.1) is 10.6 Å². The molecule has 0 spiro atoms. The van der Waals surface area contributed by atoms with Gasteiger partial charge in [0, 0.05) is 13.1 Å². The van der Waals surface area contributed by atoms with Crippen molar-refractivity contribution < 1.29 is 21.6 Å². The van der Waals surface area contributed by atoms with E-state index in [2.05, 4.69) is 4.72 Å². The van der Waals surface area contributed by atoms with E-state index in [0.29, 0.717) is 12.6 Å². The zero-order chi connectivity index (χ0) is 17.0. The highest BCUT2D eigenvalue weighted by atomic mass is 35.5. The van der Waals surface area contributed by atoms with Gasteiger partial charge in [-0.1, -0.05) is 25.4 Å². The quantitative estimate of drug-likeness (QED) is 0.770. The fraction of sp³-hybridized carbons (Fsp3) is 0.538. The van der Waals surface area contributed by atoms with Gasteiger partial charge in [0.1, 0.15) is 4.90 Å². The molecule has 0 aliphatic heterocycles. The van der Waals surface area contributed by atoms with E-state index in [1.807, 2.05) is 18.7 Å². The molecule has 0 heterocycles. The lowest BCUT2D eigenvalue weighted by Gasteiger charge is -2.18. The zero-order valence-corrected chi connectivity index (χ0v) is 15.0. The predicted octanol–water partition coefficient (Wildman–Crippen LogP) is 3.40. The molecular weight excluding hydrogens is 376 g/mol. The van der Waals surface area contributed by atoms with Gasteiger partial charge in [-0.25, -0.2) is 13.1 Å². The molecule has 0 bridgehead atoms. The van der Waals surface area contributed by atoms with Crippen LogP contribution in [-0.2, 0) is 16.2 Å². The van der Waals surface area contributed by atoms with Crippen LogP contribution in [0.1, 0.15) is 19.4 Å². The van der Waals surface area contributed by atoms with E-state index in [9.17, 15) is 21.6 Å². The maximum atomic E-state index is 12.7. The topological polar surface area (TPSA) is 49.4 Å². The Bertz CT molecular complexity index is 606. The number of sulfonamides is 1. The van der Waals surface area contributed by atoms with Gasteiger partial charge in [0.15, 0.2) is 0 Å².